The van der Waals surface area contributed by atoms with E-state index >= 15 is 0 Å². The van der Waals surface area contributed by atoms with Gasteiger partial charge in [0.2, 0.25) is 5.16 Å². The Hall–Kier alpha value is -1.80. The van der Waals surface area contributed by atoms with Crippen LogP contribution < -0.4 is 5.84 Å². The normalized spacial score (nSPS) is 10.8. The average Bonchev–Trinajstić information content (AvgIpc) is 3.07. The molecule has 6 nitrogen and oxygen atoms in total. The van der Waals surface area contributed by atoms with Gasteiger partial charge in [-0.15, -0.1) is 10.2 Å². The van der Waals surface area contributed by atoms with Crippen LogP contribution >= 0.6 is 27.7 Å². The van der Waals surface area contributed by atoms with E-state index in [1.807, 2.05) is 24.3 Å². The lowest BCUT2D eigenvalue weighted by molar-refractivity contribution is 0.414. The monoisotopic (exact) mass is 351 g/mol. The summed E-state index contributed by atoms with van der Waals surface area (Å²) in [5.74, 6) is 7.29. The summed E-state index contributed by atoms with van der Waals surface area (Å²) in [6.07, 6.45) is 1.54. The van der Waals surface area contributed by atoms with E-state index in [2.05, 4.69) is 31.3 Å². The lowest BCUT2D eigenvalue weighted by Gasteiger charge is -2.04. The highest BCUT2D eigenvalue weighted by molar-refractivity contribution is 9.10. The molecule has 0 atom stereocenters. The largest absolute Gasteiger partial charge is 0.364 e. The third-order valence-corrected chi connectivity index (χ3v) is 4.29. The molecule has 0 aliphatic rings. The number of rotatable bonds is 4. The SMILES string of the molecule is Nn1c(SCc2ccon2)nnc1-c1ccccc1Br. The Labute approximate surface area is 127 Å². The molecular formula is C12H10BrN5OS. The Morgan fingerprint density at radius 3 is 2.85 bits per heavy atom. The third kappa shape index (κ3) is 2.56. The van der Waals surface area contributed by atoms with Crippen molar-refractivity contribution < 1.29 is 4.52 Å². The number of benzene rings is 1. The summed E-state index contributed by atoms with van der Waals surface area (Å²) in [5, 5.41) is 12.7. The lowest BCUT2D eigenvalue weighted by Crippen LogP contribution is -2.11. The fourth-order valence-electron chi connectivity index (χ4n) is 1.65. The van der Waals surface area contributed by atoms with Crippen molar-refractivity contribution in [1.29, 1.82) is 0 Å². The lowest BCUT2D eigenvalue weighted by atomic mass is 10.2. The first-order valence-corrected chi connectivity index (χ1v) is 7.51. The van der Waals surface area contributed by atoms with E-state index in [0.29, 0.717) is 16.7 Å². The number of nitrogens with zero attached hydrogens (tertiary/aromatic N) is 4. The van der Waals surface area contributed by atoms with Gasteiger partial charge in [-0.05, 0) is 12.1 Å². The molecule has 2 N–H and O–H groups in total. The van der Waals surface area contributed by atoms with Crippen molar-refractivity contribution in [3.8, 4) is 11.4 Å². The molecule has 2 heterocycles. The van der Waals surface area contributed by atoms with Crippen LogP contribution in [0.3, 0.4) is 0 Å². The quantitative estimate of drug-likeness (QED) is 0.574. The topological polar surface area (TPSA) is 82.8 Å². The number of aromatic nitrogens is 4. The molecule has 0 fully saturated rings. The molecule has 0 saturated heterocycles. The van der Waals surface area contributed by atoms with E-state index < -0.39 is 0 Å². The van der Waals surface area contributed by atoms with Crippen LogP contribution in [-0.4, -0.2) is 20.0 Å². The van der Waals surface area contributed by atoms with Crippen molar-refractivity contribution in [3.05, 3.63) is 46.8 Å². The van der Waals surface area contributed by atoms with Gasteiger partial charge in [0.1, 0.15) is 6.26 Å². The van der Waals surface area contributed by atoms with Gasteiger partial charge in [-0.25, -0.2) is 4.68 Å². The van der Waals surface area contributed by atoms with Gasteiger partial charge < -0.3 is 10.4 Å². The molecule has 0 spiro atoms. The smallest absolute Gasteiger partial charge is 0.210 e. The minimum absolute atomic E-state index is 0.611. The second-order valence-electron chi connectivity index (χ2n) is 3.94. The van der Waals surface area contributed by atoms with Gasteiger partial charge in [-0.3, -0.25) is 0 Å². The molecule has 0 unspecified atom stereocenters. The summed E-state index contributed by atoms with van der Waals surface area (Å²) < 4.78 is 7.18. The van der Waals surface area contributed by atoms with E-state index in [0.717, 1.165) is 15.7 Å². The molecule has 0 aliphatic carbocycles. The van der Waals surface area contributed by atoms with Crippen molar-refractivity contribution in [2.24, 2.45) is 0 Å². The molecule has 0 aliphatic heterocycles. The molecule has 20 heavy (non-hydrogen) atoms. The van der Waals surface area contributed by atoms with E-state index in [1.165, 1.54) is 22.7 Å². The van der Waals surface area contributed by atoms with Gasteiger partial charge in [-0.2, -0.15) is 0 Å². The van der Waals surface area contributed by atoms with E-state index in [1.54, 1.807) is 6.07 Å². The van der Waals surface area contributed by atoms with E-state index in [4.69, 9.17) is 10.4 Å². The summed E-state index contributed by atoms with van der Waals surface area (Å²) in [4.78, 5) is 0. The molecule has 0 radical (unpaired) electrons. The molecule has 1 aromatic carbocycles. The van der Waals surface area contributed by atoms with E-state index in [9.17, 15) is 0 Å². The molecule has 8 heteroatoms. The Bertz CT molecular complexity index is 712. The molecule has 3 rings (SSSR count). The highest BCUT2D eigenvalue weighted by atomic mass is 79.9. The first-order chi connectivity index (χ1) is 9.75. The van der Waals surface area contributed by atoms with Gasteiger partial charge >= 0.3 is 0 Å². The maximum atomic E-state index is 6.05. The second-order valence-corrected chi connectivity index (χ2v) is 5.73. The van der Waals surface area contributed by atoms with Gasteiger partial charge in [0.25, 0.3) is 0 Å². The molecule has 3 aromatic rings. The molecule has 0 bridgehead atoms. The molecular weight excluding hydrogens is 342 g/mol. The standard InChI is InChI=1S/C12H10BrN5OS/c13-10-4-2-1-3-9(10)11-15-16-12(18(11)14)20-7-8-5-6-19-17-8/h1-6H,7,14H2. The van der Waals surface area contributed by atoms with Gasteiger partial charge in [0.05, 0.1) is 5.69 Å². The first-order valence-electron chi connectivity index (χ1n) is 5.73. The Balaban J connectivity index is 1.84. The number of thioether (sulfide) groups is 1. The number of hydrogen-bond acceptors (Lipinski definition) is 6. The van der Waals surface area contributed by atoms with Crippen LogP contribution in [-0.2, 0) is 5.75 Å². The predicted octanol–water partition coefficient (Wildman–Crippen LogP) is 2.70. The van der Waals surface area contributed by atoms with Crippen LogP contribution in [0.4, 0.5) is 0 Å². The zero-order valence-electron chi connectivity index (χ0n) is 10.2. The number of nitrogens with two attached hydrogens (primary N) is 1. The van der Waals surface area contributed by atoms with Crippen molar-refractivity contribution in [3.63, 3.8) is 0 Å². The molecule has 0 amide bonds. The van der Waals surface area contributed by atoms with Crippen molar-refractivity contribution in [1.82, 2.24) is 20.0 Å². The fraction of sp³-hybridized carbons (Fsp3) is 0.0833. The van der Waals surface area contributed by atoms with Crippen molar-refractivity contribution in [2.75, 3.05) is 5.84 Å². The number of halogens is 1. The molecule has 2 aromatic heterocycles. The maximum Gasteiger partial charge on any atom is 0.210 e. The van der Waals surface area contributed by atoms with Crippen LogP contribution in [0.15, 0.2) is 50.7 Å². The van der Waals surface area contributed by atoms with Gasteiger partial charge in [-0.1, -0.05) is 45.0 Å². The zero-order chi connectivity index (χ0) is 13.9. The molecule has 0 saturated carbocycles. The Morgan fingerprint density at radius 1 is 1.25 bits per heavy atom. The molecule has 102 valence electrons. The summed E-state index contributed by atoms with van der Waals surface area (Å²) in [6, 6.07) is 9.54. The Morgan fingerprint density at radius 2 is 2.10 bits per heavy atom. The van der Waals surface area contributed by atoms with Gasteiger partial charge in [0, 0.05) is 21.9 Å². The summed E-state index contributed by atoms with van der Waals surface area (Å²) in [5.41, 5.74) is 1.73. The van der Waals surface area contributed by atoms with Gasteiger partial charge in [0.15, 0.2) is 5.82 Å². The average molecular weight is 352 g/mol. The van der Waals surface area contributed by atoms with Crippen LogP contribution in [0.5, 0.6) is 0 Å². The summed E-state index contributed by atoms with van der Waals surface area (Å²) in [6.45, 7) is 0. The predicted molar refractivity (Wildman–Crippen MR) is 79.4 cm³/mol. The van der Waals surface area contributed by atoms with E-state index in [-0.39, 0.29) is 0 Å². The maximum absolute atomic E-state index is 6.05. The summed E-state index contributed by atoms with van der Waals surface area (Å²) in [7, 11) is 0. The minimum Gasteiger partial charge on any atom is -0.364 e. The highest BCUT2D eigenvalue weighted by Gasteiger charge is 2.14. The van der Waals surface area contributed by atoms with Crippen molar-refractivity contribution in [2.45, 2.75) is 10.9 Å². The fourth-order valence-corrected chi connectivity index (χ4v) is 2.86. The van der Waals surface area contributed by atoms with Crippen LogP contribution in [0.2, 0.25) is 0 Å². The number of nitrogen functional groups attached to an aromatic ring is 1. The Kier molecular flexibility index (Phi) is 3.75. The van der Waals surface area contributed by atoms with Crippen LogP contribution in [0, 0.1) is 0 Å². The third-order valence-electron chi connectivity index (χ3n) is 2.62. The zero-order valence-corrected chi connectivity index (χ0v) is 12.6. The first kappa shape index (κ1) is 13.2. The number of hydrogen-bond donors (Lipinski definition) is 1. The van der Waals surface area contributed by atoms with Crippen LogP contribution in [0.1, 0.15) is 5.69 Å². The highest BCUT2D eigenvalue weighted by Crippen LogP contribution is 2.28. The van der Waals surface area contributed by atoms with Crippen LogP contribution in [0.25, 0.3) is 11.4 Å². The minimum atomic E-state index is 0.611. The second kappa shape index (κ2) is 5.68. The summed E-state index contributed by atoms with van der Waals surface area (Å²) >= 11 is 4.93. The van der Waals surface area contributed by atoms with Crippen molar-refractivity contribution >= 4 is 27.7 Å².